The lowest BCUT2D eigenvalue weighted by molar-refractivity contribution is -0.141. The lowest BCUT2D eigenvalue weighted by Crippen LogP contribution is -2.52. The highest BCUT2D eigenvalue weighted by molar-refractivity contribution is 6.34. The van der Waals surface area contributed by atoms with E-state index in [0.717, 1.165) is 19.0 Å². The number of benzene rings is 1. The number of carbonyl (C=O) groups excluding carboxylic acids is 3. The first-order valence-corrected chi connectivity index (χ1v) is 16.0. The summed E-state index contributed by atoms with van der Waals surface area (Å²) < 4.78 is 68.0. The first-order valence-electron chi connectivity index (χ1n) is 15.6. The van der Waals surface area contributed by atoms with Gasteiger partial charge in [-0.2, -0.15) is 18.3 Å². The molecule has 49 heavy (non-hydrogen) atoms. The topological polar surface area (TPSA) is 180 Å². The average Bonchev–Trinajstić information content (AvgIpc) is 3.49. The van der Waals surface area contributed by atoms with Crippen LogP contribution in [-0.4, -0.2) is 98.8 Å². The summed E-state index contributed by atoms with van der Waals surface area (Å²) in [6.07, 6.45) is -3.91. The Labute approximate surface area is 280 Å². The molecule has 7 N–H and O–H groups in total. The number of aliphatic hydroxyl groups is 1. The molecule has 1 aliphatic carbocycles. The molecule has 264 valence electrons. The number of nitrogens with zero attached hydrogens (tertiary/aromatic N) is 3. The second-order valence-corrected chi connectivity index (χ2v) is 12.9. The van der Waals surface area contributed by atoms with E-state index in [1.54, 1.807) is 4.90 Å². The molecule has 2 saturated heterocycles. The summed E-state index contributed by atoms with van der Waals surface area (Å²) in [4.78, 5) is 46.7. The van der Waals surface area contributed by atoms with Gasteiger partial charge in [0.25, 0.3) is 17.7 Å². The van der Waals surface area contributed by atoms with E-state index in [9.17, 15) is 41.4 Å². The molecule has 4 heterocycles. The fourth-order valence-electron chi connectivity index (χ4n) is 6.14. The molecule has 3 aromatic rings. The number of carbonyl (C=O) groups is 3. The fraction of sp³-hybridized carbons (Fsp3) is 0.500. The van der Waals surface area contributed by atoms with Crippen LogP contribution in [0, 0.1) is 5.92 Å². The van der Waals surface area contributed by atoms with Gasteiger partial charge in [0.1, 0.15) is 0 Å². The van der Waals surface area contributed by atoms with Crippen molar-refractivity contribution in [1.29, 1.82) is 0 Å². The minimum absolute atomic E-state index is 0.000369. The van der Waals surface area contributed by atoms with Crippen molar-refractivity contribution in [3.8, 4) is 0 Å². The summed E-state index contributed by atoms with van der Waals surface area (Å²) in [7, 11) is 0. The monoisotopic (exact) mass is 713 g/mol. The molecule has 2 aliphatic heterocycles. The molecule has 4 amide bonds. The van der Waals surface area contributed by atoms with E-state index in [1.165, 1.54) is 18.2 Å². The van der Waals surface area contributed by atoms with E-state index < -0.39 is 60.0 Å². The summed E-state index contributed by atoms with van der Waals surface area (Å²) in [5, 5.41) is 26.6. The second kappa shape index (κ2) is 13.5. The van der Waals surface area contributed by atoms with Gasteiger partial charge >= 0.3 is 12.2 Å². The zero-order valence-corrected chi connectivity index (χ0v) is 26.5. The van der Waals surface area contributed by atoms with Gasteiger partial charge in [0.15, 0.2) is 11.5 Å². The maximum Gasteiger partial charge on any atom is 0.435 e. The summed E-state index contributed by atoms with van der Waals surface area (Å²) in [6.45, 7) is 2.19. The van der Waals surface area contributed by atoms with Gasteiger partial charge in [0.05, 0.1) is 28.6 Å². The Balaban J connectivity index is 1.02. The first-order chi connectivity index (χ1) is 23.2. The van der Waals surface area contributed by atoms with Crippen molar-refractivity contribution in [2.24, 2.45) is 5.92 Å². The second-order valence-electron chi connectivity index (χ2n) is 12.5. The number of amides is 4. The van der Waals surface area contributed by atoms with Gasteiger partial charge in [-0.3, -0.25) is 14.7 Å². The molecule has 4 atom stereocenters. The number of halogens is 6. The SMILES string of the molecule is O=C(Nc1ccc(C(=O)NCC2CCCN(C(=O)N[C@H]3CNC[C@@H]3O)C2)c(Cl)c1)c1ncc(Cc2c(C(F)(F)F)n[nH]c2[C@H]2CC2(F)F)[nH]1. The number of rotatable bonds is 9. The molecule has 19 heteroatoms. The largest absolute Gasteiger partial charge is 0.435 e. The van der Waals surface area contributed by atoms with Crippen molar-refractivity contribution in [2.45, 2.75) is 55.8 Å². The molecular formula is C30H33ClF5N9O4. The molecule has 3 fully saturated rings. The zero-order valence-electron chi connectivity index (χ0n) is 25.8. The van der Waals surface area contributed by atoms with Gasteiger partial charge in [-0.1, -0.05) is 11.6 Å². The van der Waals surface area contributed by atoms with Gasteiger partial charge in [-0.15, -0.1) is 0 Å². The van der Waals surface area contributed by atoms with Crippen LogP contribution in [0.1, 0.15) is 68.8 Å². The molecule has 0 radical (unpaired) electrons. The predicted octanol–water partition coefficient (Wildman–Crippen LogP) is 3.25. The predicted molar refractivity (Wildman–Crippen MR) is 165 cm³/mol. The Kier molecular flexibility index (Phi) is 9.56. The minimum atomic E-state index is -4.88. The van der Waals surface area contributed by atoms with Crippen LogP contribution < -0.4 is 21.3 Å². The number of H-pyrrole nitrogens is 2. The lowest BCUT2D eigenvalue weighted by atomic mass is 9.98. The van der Waals surface area contributed by atoms with Crippen LogP contribution in [0.15, 0.2) is 24.4 Å². The number of aromatic amines is 2. The summed E-state index contributed by atoms with van der Waals surface area (Å²) in [6, 6.07) is 3.57. The summed E-state index contributed by atoms with van der Waals surface area (Å²) in [5.41, 5.74) is -1.65. The van der Waals surface area contributed by atoms with Crippen molar-refractivity contribution in [3.63, 3.8) is 0 Å². The van der Waals surface area contributed by atoms with E-state index >= 15 is 0 Å². The summed E-state index contributed by atoms with van der Waals surface area (Å²) in [5.74, 6) is -6.01. The molecule has 3 aliphatic rings. The molecular weight excluding hydrogens is 681 g/mol. The van der Waals surface area contributed by atoms with Crippen molar-refractivity contribution >= 4 is 35.1 Å². The van der Waals surface area contributed by atoms with Crippen LogP contribution in [0.4, 0.5) is 32.4 Å². The van der Waals surface area contributed by atoms with Gasteiger partial charge < -0.3 is 36.3 Å². The van der Waals surface area contributed by atoms with Crippen LogP contribution in [0.25, 0.3) is 0 Å². The van der Waals surface area contributed by atoms with Crippen molar-refractivity contribution in [2.75, 3.05) is 38.0 Å². The van der Waals surface area contributed by atoms with E-state index in [1.807, 2.05) is 0 Å². The number of nitrogens with one attached hydrogen (secondary N) is 6. The number of β-amino-alcohol motifs (C(OH)–C–C–N with tert-alkyl or cyclic N) is 1. The van der Waals surface area contributed by atoms with Crippen LogP contribution >= 0.6 is 11.6 Å². The summed E-state index contributed by atoms with van der Waals surface area (Å²) >= 11 is 6.36. The molecule has 1 aromatic carbocycles. The number of piperidine rings is 1. The zero-order chi connectivity index (χ0) is 35.1. The lowest BCUT2D eigenvalue weighted by Gasteiger charge is -2.34. The van der Waals surface area contributed by atoms with Crippen LogP contribution in [0.5, 0.6) is 0 Å². The molecule has 13 nitrogen and oxygen atoms in total. The Morgan fingerprint density at radius 3 is 2.61 bits per heavy atom. The highest BCUT2D eigenvalue weighted by Crippen LogP contribution is 2.56. The van der Waals surface area contributed by atoms with Crippen LogP contribution in [0.2, 0.25) is 5.02 Å². The Morgan fingerprint density at radius 2 is 1.94 bits per heavy atom. The Morgan fingerprint density at radius 1 is 1.16 bits per heavy atom. The van der Waals surface area contributed by atoms with Crippen molar-refractivity contribution in [1.82, 2.24) is 41.0 Å². The van der Waals surface area contributed by atoms with E-state index in [-0.39, 0.29) is 51.5 Å². The minimum Gasteiger partial charge on any atom is -0.390 e. The number of likely N-dealkylation sites (tertiary alicyclic amines) is 1. The fourth-order valence-corrected chi connectivity index (χ4v) is 6.41. The van der Waals surface area contributed by atoms with Crippen molar-refractivity contribution < 1.29 is 41.4 Å². The van der Waals surface area contributed by atoms with Crippen LogP contribution in [-0.2, 0) is 12.6 Å². The standard InChI is InChI=1S/C30H33ClF5N9O4/c31-20-7-15(3-4-17(20)26(47)39-9-14-2-1-5-45(13-14)28(49)42-21-11-37-12-22(21)46)41-27(48)25-38-10-16(40-25)6-18-23(19-8-29(19,32)33)43-44-24(18)30(34,35)36/h3-4,7,10,14,19,21-22,37,46H,1-2,5-6,8-9,11-13H2,(H,38,40)(H,39,47)(H,41,48)(H,42,49)(H,43,44)/t14?,19-,21+,22+/m1/s1. The highest BCUT2D eigenvalue weighted by Gasteiger charge is 2.60. The number of imidazole rings is 1. The molecule has 2 aromatic heterocycles. The van der Waals surface area contributed by atoms with E-state index in [4.69, 9.17) is 11.6 Å². The normalized spacial score (nSPS) is 23.3. The number of hydrogen-bond donors (Lipinski definition) is 7. The first kappa shape index (κ1) is 34.6. The maximum absolute atomic E-state index is 13.7. The number of urea groups is 1. The van der Waals surface area contributed by atoms with Gasteiger partial charge in [-0.05, 0) is 37.0 Å². The Bertz CT molecular complexity index is 1730. The third-order valence-corrected chi connectivity index (χ3v) is 9.19. The number of aromatic nitrogens is 4. The van der Waals surface area contributed by atoms with E-state index in [2.05, 4.69) is 41.4 Å². The number of alkyl halides is 5. The quantitative estimate of drug-likeness (QED) is 0.166. The highest BCUT2D eigenvalue weighted by atomic mass is 35.5. The molecule has 6 rings (SSSR count). The molecule has 0 bridgehead atoms. The third kappa shape index (κ3) is 7.80. The third-order valence-electron chi connectivity index (χ3n) is 8.87. The number of aliphatic hydroxyl groups excluding tert-OH is 1. The average molecular weight is 714 g/mol. The van der Waals surface area contributed by atoms with Gasteiger partial charge in [-0.25, -0.2) is 18.6 Å². The van der Waals surface area contributed by atoms with Gasteiger partial charge in [0, 0.05) is 74.4 Å². The molecule has 0 spiro atoms. The van der Waals surface area contributed by atoms with E-state index in [0.29, 0.717) is 32.7 Å². The van der Waals surface area contributed by atoms with Crippen LogP contribution in [0.3, 0.4) is 0 Å². The van der Waals surface area contributed by atoms with Gasteiger partial charge in [0.2, 0.25) is 0 Å². The van der Waals surface area contributed by atoms with Crippen molar-refractivity contribution in [3.05, 3.63) is 63.5 Å². The molecule has 1 saturated carbocycles. The molecule has 1 unspecified atom stereocenters. The Hall–Kier alpha value is -4.29. The number of hydrogen-bond acceptors (Lipinski definition) is 7. The smallest absolute Gasteiger partial charge is 0.390 e. The number of anilines is 1. The maximum atomic E-state index is 13.7.